The molecule has 1 amide bonds. The summed E-state index contributed by atoms with van der Waals surface area (Å²) in [7, 11) is -7.59. The average Bonchev–Trinajstić information content (AvgIpc) is 2.56. The lowest BCUT2D eigenvalue weighted by molar-refractivity contribution is -0.116. The Balaban J connectivity index is 1.96. The fourth-order valence-electron chi connectivity index (χ4n) is 2.19. The summed E-state index contributed by atoms with van der Waals surface area (Å²) in [6, 6.07) is 12.1. The van der Waals surface area contributed by atoms with Crippen LogP contribution in [0.15, 0.2) is 58.3 Å². The summed E-state index contributed by atoms with van der Waals surface area (Å²) in [4.78, 5) is 12.0. The molecule has 0 radical (unpaired) electrons. The van der Waals surface area contributed by atoms with Crippen LogP contribution in [0.25, 0.3) is 0 Å². The van der Waals surface area contributed by atoms with E-state index in [4.69, 9.17) is 5.14 Å². The van der Waals surface area contributed by atoms with E-state index in [-0.39, 0.29) is 28.4 Å². The predicted octanol–water partition coefficient (Wildman–Crippen LogP) is 0.950. The molecule has 0 aliphatic rings. The average molecular weight is 397 g/mol. The third kappa shape index (κ3) is 5.36. The number of nitrogens with one attached hydrogen (secondary N) is 2. The molecule has 0 aromatic heterocycles. The van der Waals surface area contributed by atoms with E-state index in [0.29, 0.717) is 5.56 Å². The van der Waals surface area contributed by atoms with Crippen molar-refractivity contribution >= 4 is 31.6 Å². The van der Waals surface area contributed by atoms with Gasteiger partial charge in [-0.3, -0.25) is 4.79 Å². The first-order valence-electron chi connectivity index (χ1n) is 7.57. The summed E-state index contributed by atoms with van der Waals surface area (Å²) in [5.74, 6) is -0.468. The summed E-state index contributed by atoms with van der Waals surface area (Å²) in [6.07, 6.45) is -0.120. The first kappa shape index (κ1) is 20.0. The molecule has 0 unspecified atom stereocenters. The summed E-state index contributed by atoms with van der Waals surface area (Å²) < 4.78 is 49.4. The molecule has 0 saturated heterocycles. The van der Waals surface area contributed by atoms with Gasteiger partial charge in [0.15, 0.2) is 0 Å². The molecule has 0 heterocycles. The second-order valence-corrected chi connectivity index (χ2v) is 8.83. The number of rotatable bonds is 7. The number of carbonyl (C=O) groups excluding carboxylic acids is 1. The van der Waals surface area contributed by atoms with E-state index in [1.807, 2.05) is 0 Å². The summed E-state index contributed by atoms with van der Waals surface area (Å²) in [5, 5.41) is 7.64. The van der Waals surface area contributed by atoms with Crippen LogP contribution in [0.4, 0.5) is 5.69 Å². The summed E-state index contributed by atoms with van der Waals surface area (Å²) >= 11 is 0. The van der Waals surface area contributed by atoms with Crippen molar-refractivity contribution in [2.75, 3.05) is 11.9 Å². The maximum atomic E-state index is 12.0. The van der Waals surface area contributed by atoms with Gasteiger partial charge in [-0.2, -0.15) is 0 Å². The highest BCUT2D eigenvalue weighted by molar-refractivity contribution is 7.89. The third-order valence-electron chi connectivity index (χ3n) is 3.48. The number of primary sulfonamides is 1. The Hall–Kier alpha value is -2.27. The molecule has 140 valence electrons. The second kappa shape index (κ2) is 7.96. The van der Waals surface area contributed by atoms with Gasteiger partial charge >= 0.3 is 0 Å². The zero-order valence-corrected chi connectivity index (χ0v) is 15.6. The van der Waals surface area contributed by atoms with E-state index in [1.54, 1.807) is 25.1 Å². The smallest absolute Gasteiger partial charge is 0.240 e. The zero-order valence-electron chi connectivity index (χ0n) is 14.0. The molecule has 0 aliphatic carbocycles. The SMILES string of the molecule is Cc1ccc(NC(=O)CCNS(=O)(=O)c2ccccc2)cc1S(N)(=O)=O. The van der Waals surface area contributed by atoms with Crippen molar-refractivity contribution in [1.82, 2.24) is 4.72 Å². The lowest BCUT2D eigenvalue weighted by Crippen LogP contribution is -2.27. The number of amides is 1. The Bertz CT molecular complexity index is 1000. The predicted molar refractivity (Wildman–Crippen MR) is 97.4 cm³/mol. The second-order valence-electron chi connectivity index (χ2n) is 5.53. The lowest BCUT2D eigenvalue weighted by Gasteiger charge is -2.10. The van der Waals surface area contributed by atoms with Crippen LogP contribution in [0, 0.1) is 6.92 Å². The van der Waals surface area contributed by atoms with Gasteiger partial charge in [-0.05, 0) is 36.8 Å². The van der Waals surface area contributed by atoms with Gasteiger partial charge in [-0.25, -0.2) is 26.7 Å². The molecule has 0 bridgehead atoms. The number of nitrogens with two attached hydrogens (primary N) is 1. The molecule has 2 aromatic carbocycles. The van der Waals surface area contributed by atoms with Crippen LogP contribution in [0.3, 0.4) is 0 Å². The van der Waals surface area contributed by atoms with Crippen molar-refractivity contribution in [1.29, 1.82) is 0 Å². The Morgan fingerprint density at radius 2 is 1.69 bits per heavy atom. The standard InChI is InChI=1S/C16H19N3O5S2/c1-12-7-8-13(11-15(12)25(17,21)22)19-16(20)9-10-18-26(23,24)14-5-3-2-4-6-14/h2-8,11,18H,9-10H2,1H3,(H,19,20)(H2,17,21,22). The molecule has 0 fully saturated rings. The summed E-state index contributed by atoms with van der Waals surface area (Å²) in [6.45, 7) is 1.49. The minimum Gasteiger partial charge on any atom is -0.326 e. The van der Waals surface area contributed by atoms with Crippen LogP contribution in [0.5, 0.6) is 0 Å². The Morgan fingerprint density at radius 1 is 1.04 bits per heavy atom. The number of aryl methyl sites for hydroxylation is 1. The van der Waals surface area contributed by atoms with Crippen LogP contribution < -0.4 is 15.2 Å². The fraction of sp³-hybridized carbons (Fsp3) is 0.188. The van der Waals surface area contributed by atoms with Crippen LogP contribution in [0.2, 0.25) is 0 Å². The van der Waals surface area contributed by atoms with E-state index in [2.05, 4.69) is 10.0 Å². The van der Waals surface area contributed by atoms with Crippen LogP contribution in [-0.4, -0.2) is 29.3 Å². The van der Waals surface area contributed by atoms with Gasteiger partial charge in [0.05, 0.1) is 9.79 Å². The molecule has 26 heavy (non-hydrogen) atoms. The van der Waals surface area contributed by atoms with Gasteiger partial charge in [-0.1, -0.05) is 24.3 Å². The topological polar surface area (TPSA) is 135 Å². The number of benzene rings is 2. The first-order valence-corrected chi connectivity index (χ1v) is 10.6. The maximum absolute atomic E-state index is 12.0. The van der Waals surface area contributed by atoms with Crippen LogP contribution in [-0.2, 0) is 24.8 Å². The van der Waals surface area contributed by atoms with Crippen molar-refractivity contribution in [2.45, 2.75) is 23.1 Å². The van der Waals surface area contributed by atoms with E-state index in [9.17, 15) is 21.6 Å². The van der Waals surface area contributed by atoms with Gasteiger partial charge in [0.1, 0.15) is 0 Å². The Labute approximate surface area is 152 Å². The minimum absolute atomic E-state index is 0.0833. The van der Waals surface area contributed by atoms with Gasteiger partial charge in [0.25, 0.3) is 0 Å². The zero-order chi connectivity index (χ0) is 19.4. The number of carbonyl (C=O) groups is 1. The van der Waals surface area contributed by atoms with Gasteiger partial charge in [0, 0.05) is 18.7 Å². The molecular weight excluding hydrogens is 378 g/mol. The van der Waals surface area contributed by atoms with E-state index >= 15 is 0 Å². The summed E-state index contributed by atoms with van der Waals surface area (Å²) in [5.41, 5.74) is 0.719. The molecule has 4 N–H and O–H groups in total. The normalized spacial score (nSPS) is 11.9. The van der Waals surface area contributed by atoms with Gasteiger partial charge < -0.3 is 5.32 Å². The largest absolute Gasteiger partial charge is 0.326 e. The van der Waals surface area contributed by atoms with Crippen LogP contribution >= 0.6 is 0 Å². The number of anilines is 1. The van der Waals surface area contributed by atoms with Crippen molar-refractivity contribution in [3.8, 4) is 0 Å². The molecule has 8 nitrogen and oxygen atoms in total. The molecule has 2 rings (SSSR count). The third-order valence-corrected chi connectivity index (χ3v) is 6.01. The van der Waals surface area contributed by atoms with Crippen LogP contribution in [0.1, 0.15) is 12.0 Å². The molecular formula is C16H19N3O5S2. The number of hydrogen-bond acceptors (Lipinski definition) is 5. The van der Waals surface area contributed by atoms with Crippen molar-refractivity contribution in [2.24, 2.45) is 5.14 Å². The molecule has 0 spiro atoms. The molecule has 0 saturated carbocycles. The highest BCUT2D eigenvalue weighted by atomic mass is 32.2. The Kier molecular flexibility index (Phi) is 6.13. The molecule has 2 aromatic rings. The lowest BCUT2D eigenvalue weighted by atomic mass is 10.2. The van der Waals surface area contributed by atoms with Crippen molar-refractivity contribution in [3.63, 3.8) is 0 Å². The minimum atomic E-state index is -3.90. The first-order chi connectivity index (χ1) is 12.1. The van der Waals surface area contributed by atoms with Gasteiger partial charge in [-0.15, -0.1) is 0 Å². The van der Waals surface area contributed by atoms with Crippen molar-refractivity contribution in [3.05, 3.63) is 54.1 Å². The number of hydrogen-bond donors (Lipinski definition) is 3. The van der Waals surface area contributed by atoms with E-state index in [0.717, 1.165) is 0 Å². The Morgan fingerprint density at radius 3 is 2.31 bits per heavy atom. The van der Waals surface area contributed by atoms with E-state index < -0.39 is 26.0 Å². The highest BCUT2D eigenvalue weighted by Gasteiger charge is 2.15. The molecule has 10 heteroatoms. The highest BCUT2D eigenvalue weighted by Crippen LogP contribution is 2.19. The number of sulfonamides is 2. The van der Waals surface area contributed by atoms with Gasteiger partial charge in [0.2, 0.25) is 26.0 Å². The molecule has 0 aliphatic heterocycles. The monoisotopic (exact) mass is 397 g/mol. The fourth-order valence-corrected chi connectivity index (χ4v) is 4.05. The van der Waals surface area contributed by atoms with E-state index in [1.165, 1.54) is 30.3 Å². The quantitative estimate of drug-likeness (QED) is 0.639. The molecule has 0 atom stereocenters. The maximum Gasteiger partial charge on any atom is 0.240 e. The van der Waals surface area contributed by atoms with Crippen molar-refractivity contribution < 1.29 is 21.6 Å².